The van der Waals surface area contributed by atoms with Crippen LogP contribution in [0.15, 0.2) is 22.8 Å². The van der Waals surface area contributed by atoms with Crippen molar-refractivity contribution in [1.82, 2.24) is 9.78 Å². The van der Waals surface area contributed by atoms with E-state index in [1.807, 2.05) is 32.3 Å². The largest absolute Gasteiger partial charge is 0.493 e. The summed E-state index contributed by atoms with van der Waals surface area (Å²) in [4.78, 5) is 0. The van der Waals surface area contributed by atoms with E-state index < -0.39 is 0 Å². The lowest BCUT2D eigenvalue weighted by molar-refractivity contribution is 0.354. The zero-order valence-corrected chi connectivity index (χ0v) is 13.6. The maximum Gasteiger partial charge on any atom is 0.161 e. The van der Waals surface area contributed by atoms with Gasteiger partial charge in [0.2, 0.25) is 0 Å². The highest BCUT2D eigenvalue weighted by molar-refractivity contribution is 9.10. The summed E-state index contributed by atoms with van der Waals surface area (Å²) in [6, 6.07) is 3.87. The molecule has 0 radical (unpaired) electrons. The SMILES string of the molecule is COc1cc(Br)c(CNc2cn(C)nc2C)cc1OC. The molecule has 0 aliphatic carbocycles. The molecule has 1 N–H and O–H groups in total. The standard InChI is InChI=1S/C14H18BrN3O2/c1-9-12(8-18(2)17-9)16-7-10-5-13(19-3)14(20-4)6-11(10)15/h5-6,8,16H,7H2,1-4H3. The smallest absolute Gasteiger partial charge is 0.161 e. The number of aryl methyl sites for hydroxylation is 2. The number of hydrogen-bond acceptors (Lipinski definition) is 4. The van der Waals surface area contributed by atoms with Crippen LogP contribution in [0.4, 0.5) is 5.69 Å². The van der Waals surface area contributed by atoms with Gasteiger partial charge in [-0.2, -0.15) is 5.10 Å². The van der Waals surface area contributed by atoms with Gasteiger partial charge in [0.05, 0.1) is 25.6 Å². The number of benzene rings is 1. The Morgan fingerprint density at radius 1 is 1.25 bits per heavy atom. The van der Waals surface area contributed by atoms with E-state index in [0.29, 0.717) is 12.3 Å². The second-order valence-electron chi connectivity index (χ2n) is 4.45. The van der Waals surface area contributed by atoms with Gasteiger partial charge in [-0.1, -0.05) is 15.9 Å². The molecule has 0 spiro atoms. The monoisotopic (exact) mass is 339 g/mol. The van der Waals surface area contributed by atoms with E-state index in [1.165, 1.54) is 0 Å². The molecule has 0 saturated carbocycles. The number of nitrogens with zero attached hydrogens (tertiary/aromatic N) is 2. The first-order valence-corrected chi connectivity index (χ1v) is 6.99. The summed E-state index contributed by atoms with van der Waals surface area (Å²) in [5, 5.41) is 7.67. The van der Waals surface area contributed by atoms with Crippen LogP contribution in [-0.4, -0.2) is 24.0 Å². The first-order chi connectivity index (χ1) is 9.55. The first-order valence-electron chi connectivity index (χ1n) is 6.19. The number of hydrogen-bond donors (Lipinski definition) is 1. The van der Waals surface area contributed by atoms with Gasteiger partial charge in [-0.15, -0.1) is 0 Å². The average Bonchev–Trinajstić information content (AvgIpc) is 2.75. The topological polar surface area (TPSA) is 48.3 Å². The third-order valence-electron chi connectivity index (χ3n) is 3.04. The van der Waals surface area contributed by atoms with Crippen LogP contribution in [0.3, 0.4) is 0 Å². The van der Waals surface area contributed by atoms with Gasteiger partial charge in [0.1, 0.15) is 0 Å². The number of rotatable bonds is 5. The number of ether oxygens (including phenoxy) is 2. The molecule has 0 unspecified atom stereocenters. The van der Waals surface area contributed by atoms with Crippen LogP contribution in [0.5, 0.6) is 11.5 Å². The molecule has 2 rings (SSSR count). The molecule has 0 aliphatic rings. The minimum Gasteiger partial charge on any atom is -0.493 e. The Balaban J connectivity index is 2.19. The van der Waals surface area contributed by atoms with E-state index in [4.69, 9.17) is 9.47 Å². The fourth-order valence-corrected chi connectivity index (χ4v) is 2.46. The minimum absolute atomic E-state index is 0.674. The third kappa shape index (κ3) is 3.07. The van der Waals surface area contributed by atoms with Crippen LogP contribution >= 0.6 is 15.9 Å². The molecule has 0 bridgehead atoms. The molecule has 1 aromatic carbocycles. The molecule has 0 aliphatic heterocycles. The van der Waals surface area contributed by atoms with E-state index in [9.17, 15) is 0 Å². The lowest BCUT2D eigenvalue weighted by Gasteiger charge is -2.12. The molecule has 108 valence electrons. The van der Waals surface area contributed by atoms with Crippen LogP contribution in [0.25, 0.3) is 0 Å². The molecule has 5 nitrogen and oxygen atoms in total. The van der Waals surface area contributed by atoms with Crippen LogP contribution in [-0.2, 0) is 13.6 Å². The van der Waals surface area contributed by atoms with E-state index in [0.717, 1.165) is 27.2 Å². The molecule has 20 heavy (non-hydrogen) atoms. The van der Waals surface area contributed by atoms with Crippen molar-refractivity contribution in [2.75, 3.05) is 19.5 Å². The van der Waals surface area contributed by atoms with Crippen molar-refractivity contribution < 1.29 is 9.47 Å². The summed E-state index contributed by atoms with van der Waals surface area (Å²) in [7, 11) is 5.17. The third-order valence-corrected chi connectivity index (χ3v) is 3.77. The van der Waals surface area contributed by atoms with Crippen molar-refractivity contribution in [2.45, 2.75) is 13.5 Å². The summed E-state index contributed by atoms with van der Waals surface area (Å²) >= 11 is 3.55. The number of methoxy groups -OCH3 is 2. The molecule has 0 fully saturated rings. The Kier molecular flexibility index (Phi) is 4.54. The second kappa shape index (κ2) is 6.17. The van der Waals surface area contributed by atoms with Gasteiger partial charge in [0.25, 0.3) is 0 Å². The van der Waals surface area contributed by atoms with Crippen molar-refractivity contribution in [2.24, 2.45) is 7.05 Å². The predicted molar refractivity (Wildman–Crippen MR) is 82.5 cm³/mol. The Hall–Kier alpha value is -1.69. The zero-order chi connectivity index (χ0) is 14.7. The first kappa shape index (κ1) is 14.7. The van der Waals surface area contributed by atoms with E-state index in [-0.39, 0.29) is 0 Å². The Morgan fingerprint density at radius 3 is 2.45 bits per heavy atom. The molecule has 1 aromatic heterocycles. The van der Waals surface area contributed by atoms with Crippen LogP contribution in [0.1, 0.15) is 11.3 Å². The van der Waals surface area contributed by atoms with Crippen LogP contribution in [0, 0.1) is 6.92 Å². The highest BCUT2D eigenvalue weighted by atomic mass is 79.9. The van der Waals surface area contributed by atoms with Crippen molar-refractivity contribution in [3.05, 3.63) is 34.1 Å². The molecular weight excluding hydrogens is 322 g/mol. The number of halogens is 1. The lowest BCUT2D eigenvalue weighted by Crippen LogP contribution is -2.02. The van der Waals surface area contributed by atoms with Crippen LogP contribution in [0.2, 0.25) is 0 Å². The lowest BCUT2D eigenvalue weighted by atomic mass is 10.2. The van der Waals surface area contributed by atoms with Gasteiger partial charge in [-0.3, -0.25) is 4.68 Å². The minimum atomic E-state index is 0.674. The molecule has 0 saturated heterocycles. The maximum absolute atomic E-state index is 5.32. The summed E-state index contributed by atoms with van der Waals surface area (Å²) in [6.07, 6.45) is 1.96. The van der Waals surface area contributed by atoms with Crippen molar-refractivity contribution >= 4 is 21.6 Å². The van der Waals surface area contributed by atoms with Gasteiger partial charge < -0.3 is 14.8 Å². The summed E-state index contributed by atoms with van der Waals surface area (Å²) in [5.74, 6) is 1.43. The fourth-order valence-electron chi connectivity index (χ4n) is 2.00. The number of anilines is 1. The molecule has 2 aromatic rings. The molecule has 0 amide bonds. The van der Waals surface area contributed by atoms with Gasteiger partial charge in [-0.25, -0.2) is 0 Å². The quantitative estimate of drug-likeness (QED) is 0.909. The van der Waals surface area contributed by atoms with Gasteiger partial charge in [0.15, 0.2) is 11.5 Å². The summed E-state index contributed by atoms with van der Waals surface area (Å²) in [6.45, 7) is 2.65. The van der Waals surface area contributed by atoms with E-state index in [1.54, 1.807) is 18.9 Å². The summed E-state index contributed by atoms with van der Waals surface area (Å²) < 4.78 is 13.4. The highest BCUT2D eigenvalue weighted by Gasteiger charge is 2.10. The molecule has 0 atom stereocenters. The second-order valence-corrected chi connectivity index (χ2v) is 5.31. The number of nitrogens with one attached hydrogen (secondary N) is 1. The zero-order valence-electron chi connectivity index (χ0n) is 12.0. The maximum atomic E-state index is 5.32. The molecular formula is C14H18BrN3O2. The van der Waals surface area contributed by atoms with Crippen molar-refractivity contribution in [3.8, 4) is 11.5 Å². The Morgan fingerprint density at radius 2 is 1.90 bits per heavy atom. The normalized spacial score (nSPS) is 10.4. The number of aromatic nitrogens is 2. The summed E-state index contributed by atoms with van der Waals surface area (Å²) in [5.41, 5.74) is 3.09. The van der Waals surface area contributed by atoms with E-state index in [2.05, 4.69) is 26.3 Å². The van der Waals surface area contributed by atoms with Crippen molar-refractivity contribution in [1.29, 1.82) is 0 Å². The Labute approximate surface area is 127 Å². The molecule has 6 heteroatoms. The Bertz CT molecular complexity index is 611. The van der Waals surface area contributed by atoms with Gasteiger partial charge in [0, 0.05) is 24.3 Å². The van der Waals surface area contributed by atoms with Gasteiger partial charge >= 0.3 is 0 Å². The average molecular weight is 340 g/mol. The van der Waals surface area contributed by atoms with Crippen LogP contribution < -0.4 is 14.8 Å². The predicted octanol–water partition coefficient (Wildman–Crippen LogP) is 3.12. The fraction of sp³-hybridized carbons (Fsp3) is 0.357. The highest BCUT2D eigenvalue weighted by Crippen LogP contribution is 2.33. The molecule has 1 heterocycles. The van der Waals surface area contributed by atoms with Gasteiger partial charge in [-0.05, 0) is 24.6 Å². The van der Waals surface area contributed by atoms with E-state index >= 15 is 0 Å². The van der Waals surface area contributed by atoms with Crippen molar-refractivity contribution in [3.63, 3.8) is 0 Å².